The predicted molar refractivity (Wildman–Crippen MR) is 124 cm³/mol. The Hall–Kier alpha value is -2.43. The van der Waals surface area contributed by atoms with Crippen LogP contribution < -0.4 is 16.2 Å². The van der Waals surface area contributed by atoms with Crippen molar-refractivity contribution in [3.8, 4) is 10.4 Å². The number of imide groups is 1. The number of thiophene rings is 2. The molecule has 3 heterocycles. The third-order valence-electron chi connectivity index (χ3n) is 4.01. The lowest BCUT2D eigenvalue weighted by Gasteiger charge is -2.11. The van der Waals surface area contributed by atoms with Crippen LogP contribution in [0.2, 0.25) is 0 Å². The molecule has 0 atom stereocenters. The minimum atomic E-state index is -0.528. The van der Waals surface area contributed by atoms with Gasteiger partial charge in [0.2, 0.25) is 5.91 Å². The van der Waals surface area contributed by atoms with Gasteiger partial charge in [-0.1, -0.05) is 37.8 Å². The zero-order chi connectivity index (χ0) is 21.7. The molecule has 0 fully saturated rings. The van der Waals surface area contributed by atoms with Crippen molar-refractivity contribution in [1.82, 2.24) is 20.2 Å². The molecule has 3 aromatic heterocycles. The van der Waals surface area contributed by atoms with Crippen molar-refractivity contribution in [1.29, 1.82) is 0 Å². The van der Waals surface area contributed by atoms with E-state index in [2.05, 4.69) is 22.2 Å². The lowest BCUT2D eigenvalue weighted by molar-refractivity contribution is -0.117. The zero-order valence-corrected chi connectivity index (χ0v) is 19.1. The van der Waals surface area contributed by atoms with Gasteiger partial charge in [-0.3, -0.25) is 19.5 Å². The molecule has 3 amide bonds. The first-order chi connectivity index (χ1) is 14.4. The fourth-order valence-corrected chi connectivity index (χ4v) is 5.26. The third-order valence-corrected chi connectivity index (χ3v) is 6.76. The van der Waals surface area contributed by atoms with Crippen molar-refractivity contribution in [2.24, 2.45) is 5.92 Å². The minimum absolute atomic E-state index is 0.0344. The monoisotopic (exact) mass is 462 g/mol. The zero-order valence-electron chi connectivity index (χ0n) is 16.6. The number of urea groups is 1. The van der Waals surface area contributed by atoms with E-state index in [4.69, 9.17) is 0 Å². The van der Waals surface area contributed by atoms with E-state index >= 15 is 0 Å². The maximum atomic E-state index is 13.2. The fourth-order valence-electron chi connectivity index (χ4n) is 2.65. The van der Waals surface area contributed by atoms with Crippen LogP contribution in [0.15, 0.2) is 45.5 Å². The maximum Gasteiger partial charge on any atom is 0.321 e. The van der Waals surface area contributed by atoms with Crippen molar-refractivity contribution >= 4 is 56.6 Å². The summed E-state index contributed by atoms with van der Waals surface area (Å²) in [5.74, 6) is -0.201. The molecule has 0 radical (unpaired) electrons. The lowest BCUT2D eigenvalue weighted by Crippen LogP contribution is -2.41. The van der Waals surface area contributed by atoms with E-state index in [1.807, 2.05) is 36.7 Å². The van der Waals surface area contributed by atoms with Gasteiger partial charge in [0.05, 0.1) is 11.1 Å². The van der Waals surface area contributed by atoms with Gasteiger partial charge in [0.25, 0.3) is 5.56 Å². The quantitative estimate of drug-likeness (QED) is 0.300. The first kappa shape index (κ1) is 22.3. The Bertz CT molecular complexity index is 1120. The normalized spacial score (nSPS) is 11.0. The Morgan fingerprint density at radius 3 is 2.83 bits per heavy atom. The average Bonchev–Trinajstić information content (AvgIpc) is 3.36. The number of amides is 3. The van der Waals surface area contributed by atoms with E-state index < -0.39 is 11.9 Å². The van der Waals surface area contributed by atoms with E-state index in [-0.39, 0.29) is 23.8 Å². The van der Waals surface area contributed by atoms with Gasteiger partial charge < -0.3 is 5.32 Å². The second kappa shape index (κ2) is 10.1. The van der Waals surface area contributed by atoms with Crippen molar-refractivity contribution in [2.45, 2.75) is 25.5 Å². The smallest absolute Gasteiger partial charge is 0.321 e. The molecule has 30 heavy (non-hydrogen) atoms. The first-order valence-corrected chi connectivity index (χ1v) is 12.0. The number of nitrogens with zero attached hydrogens (tertiary/aromatic N) is 2. The highest BCUT2D eigenvalue weighted by Crippen LogP contribution is 2.34. The Morgan fingerprint density at radius 2 is 2.17 bits per heavy atom. The minimum Gasteiger partial charge on any atom is -0.338 e. The maximum absolute atomic E-state index is 13.2. The number of fused-ring (bicyclic) bond motifs is 1. The summed E-state index contributed by atoms with van der Waals surface area (Å²) < 4.78 is 1.51. The Morgan fingerprint density at radius 1 is 1.37 bits per heavy atom. The highest BCUT2D eigenvalue weighted by atomic mass is 32.2. The number of rotatable bonds is 8. The summed E-state index contributed by atoms with van der Waals surface area (Å²) >= 11 is 4.09. The van der Waals surface area contributed by atoms with Gasteiger partial charge in [-0.2, -0.15) is 0 Å². The van der Waals surface area contributed by atoms with E-state index in [9.17, 15) is 14.4 Å². The molecule has 0 aliphatic heterocycles. The van der Waals surface area contributed by atoms with Crippen molar-refractivity contribution in [3.63, 3.8) is 0 Å². The molecule has 158 valence electrons. The van der Waals surface area contributed by atoms with Crippen LogP contribution in [-0.2, 0) is 11.3 Å². The van der Waals surface area contributed by atoms with Gasteiger partial charge in [0.1, 0.15) is 4.83 Å². The number of carbonyl (C=O) groups is 2. The van der Waals surface area contributed by atoms with Gasteiger partial charge in [-0.15, -0.1) is 29.3 Å². The van der Waals surface area contributed by atoms with Crippen molar-refractivity contribution in [3.05, 3.63) is 45.9 Å². The Kier molecular flexibility index (Phi) is 7.46. The molecular weight excluding hydrogens is 440 g/mol. The van der Waals surface area contributed by atoms with Crippen LogP contribution in [0.3, 0.4) is 0 Å². The van der Waals surface area contributed by atoms with Gasteiger partial charge in [0, 0.05) is 28.9 Å². The van der Waals surface area contributed by atoms with Gasteiger partial charge >= 0.3 is 6.03 Å². The second-order valence-electron chi connectivity index (χ2n) is 6.85. The van der Waals surface area contributed by atoms with E-state index in [1.165, 1.54) is 15.9 Å². The average molecular weight is 463 g/mol. The van der Waals surface area contributed by atoms with Crippen LogP contribution in [0.25, 0.3) is 20.7 Å². The summed E-state index contributed by atoms with van der Waals surface area (Å²) in [6.07, 6.45) is 1.62. The molecule has 0 unspecified atom stereocenters. The highest BCUT2D eigenvalue weighted by Gasteiger charge is 2.18. The summed E-state index contributed by atoms with van der Waals surface area (Å²) in [6, 6.07) is 3.39. The van der Waals surface area contributed by atoms with Crippen LogP contribution in [0.4, 0.5) is 4.79 Å². The highest BCUT2D eigenvalue weighted by molar-refractivity contribution is 7.99. The molecule has 0 aliphatic rings. The molecule has 0 aliphatic carbocycles. The van der Waals surface area contributed by atoms with Crippen LogP contribution in [0.5, 0.6) is 0 Å². The molecule has 0 saturated carbocycles. The van der Waals surface area contributed by atoms with Crippen molar-refractivity contribution in [2.75, 3.05) is 12.3 Å². The van der Waals surface area contributed by atoms with E-state index in [1.54, 1.807) is 17.4 Å². The topological polar surface area (TPSA) is 93.1 Å². The number of aromatic nitrogens is 2. The number of nitrogens with one attached hydrogen (secondary N) is 2. The molecule has 0 spiro atoms. The van der Waals surface area contributed by atoms with Crippen LogP contribution in [-0.4, -0.2) is 33.8 Å². The molecule has 10 heteroatoms. The predicted octanol–water partition coefficient (Wildman–Crippen LogP) is 3.95. The van der Waals surface area contributed by atoms with E-state index in [0.29, 0.717) is 21.9 Å². The van der Waals surface area contributed by atoms with Crippen LogP contribution in [0, 0.1) is 5.92 Å². The number of allylic oxidation sites excluding steroid dienone is 1. The molecule has 0 saturated heterocycles. The summed E-state index contributed by atoms with van der Waals surface area (Å²) in [6.45, 7) is 8.41. The Labute approximate surface area is 186 Å². The van der Waals surface area contributed by atoms with Crippen LogP contribution in [0.1, 0.15) is 13.8 Å². The molecule has 0 aromatic carbocycles. The SMILES string of the molecule is C=CCn1c(SCC(=O)NC(=O)NCC(C)C)nc2scc(-c3cccs3)c2c1=O. The summed E-state index contributed by atoms with van der Waals surface area (Å²) in [5.41, 5.74) is 0.707. The third kappa shape index (κ3) is 5.18. The molecule has 2 N–H and O–H groups in total. The van der Waals surface area contributed by atoms with Gasteiger partial charge in [-0.05, 0) is 17.4 Å². The summed E-state index contributed by atoms with van der Waals surface area (Å²) in [5, 5.41) is 9.82. The molecular formula is C20H22N4O3S3. The standard InChI is InChI=1S/C20H22N4O3S3/c1-4-7-24-18(26)16-13(14-6-5-8-28-14)10-29-17(16)23-20(24)30-11-15(25)22-19(27)21-9-12(2)3/h4-6,8,10,12H,1,7,9,11H2,2-3H3,(H2,21,22,25,27). The lowest BCUT2D eigenvalue weighted by atomic mass is 10.2. The summed E-state index contributed by atoms with van der Waals surface area (Å²) in [7, 11) is 0. The molecule has 3 aromatic rings. The first-order valence-electron chi connectivity index (χ1n) is 9.28. The molecule has 0 bridgehead atoms. The van der Waals surface area contributed by atoms with E-state index in [0.717, 1.165) is 22.2 Å². The van der Waals surface area contributed by atoms with Crippen LogP contribution >= 0.6 is 34.4 Å². The van der Waals surface area contributed by atoms with Gasteiger partial charge in [0.15, 0.2) is 5.16 Å². The summed E-state index contributed by atoms with van der Waals surface area (Å²) in [4.78, 5) is 43.3. The number of hydrogen-bond donors (Lipinski definition) is 2. The molecule has 3 rings (SSSR count). The molecule has 7 nitrogen and oxygen atoms in total. The van der Waals surface area contributed by atoms with Crippen molar-refractivity contribution < 1.29 is 9.59 Å². The Balaban J connectivity index is 1.81. The largest absolute Gasteiger partial charge is 0.338 e. The second-order valence-corrected chi connectivity index (χ2v) is 9.59. The van der Waals surface area contributed by atoms with Gasteiger partial charge in [-0.25, -0.2) is 9.78 Å². The number of hydrogen-bond acceptors (Lipinski definition) is 7. The number of thioether (sulfide) groups is 1. The number of carbonyl (C=O) groups excluding carboxylic acids is 2. The fraction of sp³-hybridized carbons (Fsp3) is 0.300.